The van der Waals surface area contributed by atoms with Crippen LogP contribution in [0.5, 0.6) is 0 Å². The number of Topliss-reactive ketones (excluding diaryl/α,β-unsaturated/α-hetero) is 1. The Balaban J connectivity index is 2.20. The monoisotopic (exact) mass is 589 g/mol. The normalized spacial score (nSPS) is 17.8. The van der Waals surface area contributed by atoms with E-state index in [9.17, 15) is 9.59 Å². The maximum Gasteiger partial charge on any atom is 0.308 e. The van der Waals surface area contributed by atoms with Gasteiger partial charge in [0.1, 0.15) is 0 Å². The Labute approximate surface area is 260 Å². The molecular formula is C37H68N2O3. The van der Waals surface area contributed by atoms with E-state index >= 15 is 0 Å². The zero-order chi connectivity index (χ0) is 30.4. The second-order valence-corrected chi connectivity index (χ2v) is 12.7. The molecule has 1 rings (SSSR count). The molecule has 0 radical (unpaired) electrons. The first-order chi connectivity index (χ1) is 20.6. The lowest BCUT2D eigenvalue weighted by molar-refractivity contribution is -0.168. The summed E-state index contributed by atoms with van der Waals surface area (Å²) < 4.78 is 5.83. The molecule has 0 heterocycles. The molecule has 1 aliphatic rings. The minimum absolute atomic E-state index is 0.0651. The molecule has 1 unspecified atom stereocenters. The van der Waals surface area contributed by atoms with Crippen molar-refractivity contribution in [2.45, 2.75) is 206 Å². The number of carbonyl (C=O) groups is 2. The van der Waals surface area contributed by atoms with E-state index in [-0.39, 0.29) is 11.8 Å². The number of unbranched alkanes of at least 4 members (excludes halogenated alkanes) is 20. The Morgan fingerprint density at radius 2 is 1.17 bits per heavy atom. The summed E-state index contributed by atoms with van der Waals surface area (Å²) in [5.41, 5.74) is -1.37. The Bertz CT molecular complexity index is 705. The number of allylic oxidation sites excluding steroid dienone is 2. The van der Waals surface area contributed by atoms with Crippen LogP contribution in [0.25, 0.3) is 0 Å². The third kappa shape index (κ3) is 21.2. The van der Waals surface area contributed by atoms with Crippen LogP contribution in [0.1, 0.15) is 200 Å². The van der Waals surface area contributed by atoms with Gasteiger partial charge in [-0.05, 0) is 51.4 Å². The molecule has 0 aromatic carbocycles. The van der Waals surface area contributed by atoms with Crippen LogP contribution < -0.4 is 0 Å². The standard InChI is InChI=1S/C37H68N2O3/c1-3-5-7-9-11-13-15-16-17-18-19-20-22-24-28-32-36(41)42-37(33-29-26-27-31-35(37)40)39-38-34-30-25-23-21-14-12-10-8-6-4-2/h16-17H,3-15,18-34H2,1-2H3/b17-16-,39-38?. The zero-order valence-electron chi connectivity index (χ0n) is 28.0. The second kappa shape index (κ2) is 28.3. The number of azo groups is 1. The van der Waals surface area contributed by atoms with Crippen LogP contribution in [-0.2, 0) is 14.3 Å². The fourth-order valence-corrected chi connectivity index (χ4v) is 5.81. The maximum absolute atomic E-state index is 13.0. The molecule has 0 bridgehead atoms. The Morgan fingerprint density at radius 3 is 1.74 bits per heavy atom. The Hall–Kier alpha value is -1.52. The molecule has 0 aliphatic heterocycles. The number of ether oxygens (including phenoxy) is 1. The molecule has 5 nitrogen and oxygen atoms in total. The summed E-state index contributed by atoms with van der Waals surface area (Å²) in [6.45, 7) is 5.13. The van der Waals surface area contributed by atoms with Gasteiger partial charge in [0, 0.05) is 19.3 Å². The molecule has 244 valence electrons. The first kappa shape index (κ1) is 38.5. The van der Waals surface area contributed by atoms with Crippen LogP contribution in [0.2, 0.25) is 0 Å². The predicted molar refractivity (Wildman–Crippen MR) is 178 cm³/mol. The number of carbonyl (C=O) groups excluding carboxylic acids is 2. The highest BCUT2D eigenvalue weighted by Gasteiger charge is 2.42. The third-order valence-electron chi connectivity index (χ3n) is 8.62. The quantitative estimate of drug-likeness (QED) is 0.0300. The third-order valence-corrected chi connectivity index (χ3v) is 8.62. The van der Waals surface area contributed by atoms with Crippen molar-refractivity contribution in [2.75, 3.05) is 6.54 Å². The van der Waals surface area contributed by atoms with Crippen molar-refractivity contribution in [2.24, 2.45) is 10.2 Å². The van der Waals surface area contributed by atoms with E-state index in [0.29, 0.717) is 25.8 Å². The molecule has 0 spiro atoms. The van der Waals surface area contributed by atoms with Gasteiger partial charge in [0.05, 0.1) is 6.54 Å². The summed E-state index contributed by atoms with van der Waals surface area (Å²) in [7, 11) is 0. The summed E-state index contributed by atoms with van der Waals surface area (Å²) in [5, 5.41) is 8.80. The first-order valence-corrected chi connectivity index (χ1v) is 18.4. The largest absolute Gasteiger partial charge is 0.428 e. The minimum atomic E-state index is -1.37. The SMILES string of the molecule is CCCCCCCC/C=C\CCCCCCCC(=O)OC1(N=NCCCCCCCCCCCC)CCCCCC1=O. The summed E-state index contributed by atoms with van der Waals surface area (Å²) in [4.78, 5) is 25.7. The molecule has 0 amide bonds. The van der Waals surface area contributed by atoms with Crippen LogP contribution in [0.3, 0.4) is 0 Å². The van der Waals surface area contributed by atoms with E-state index < -0.39 is 5.72 Å². The van der Waals surface area contributed by atoms with Gasteiger partial charge in [-0.3, -0.25) is 9.59 Å². The number of rotatable bonds is 28. The number of esters is 1. The van der Waals surface area contributed by atoms with E-state index in [4.69, 9.17) is 4.74 Å². The topological polar surface area (TPSA) is 68.1 Å². The van der Waals surface area contributed by atoms with Crippen molar-refractivity contribution in [1.82, 2.24) is 0 Å². The van der Waals surface area contributed by atoms with Gasteiger partial charge in [-0.25, -0.2) is 0 Å². The molecule has 1 fully saturated rings. The summed E-state index contributed by atoms with van der Waals surface area (Å²) in [6.07, 6.45) is 37.3. The van der Waals surface area contributed by atoms with Gasteiger partial charge in [0.25, 0.3) is 5.72 Å². The van der Waals surface area contributed by atoms with Gasteiger partial charge in [-0.2, -0.15) is 5.11 Å². The maximum atomic E-state index is 13.0. The lowest BCUT2D eigenvalue weighted by atomic mass is 10.0. The van der Waals surface area contributed by atoms with Crippen molar-refractivity contribution in [3.05, 3.63) is 12.2 Å². The highest BCUT2D eigenvalue weighted by atomic mass is 16.6. The second-order valence-electron chi connectivity index (χ2n) is 12.7. The van der Waals surface area contributed by atoms with Gasteiger partial charge in [0.2, 0.25) is 5.78 Å². The molecule has 1 aliphatic carbocycles. The fourth-order valence-electron chi connectivity index (χ4n) is 5.81. The van der Waals surface area contributed by atoms with Gasteiger partial charge >= 0.3 is 5.97 Å². The molecular weight excluding hydrogens is 520 g/mol. The summed E-state index contributed by atoms with van der Waals surface area (Å²) >= 11 is 0. The first-order valence-electron chi connectivity index (χ1n) is 18.4. The molecule has 0 saturated heterocycles. The predicted octanol–water partition coefficient (Wildman–Crippen LogP) is 12.2. The smallest absolute Gasteiger partial charge is 0.308 e. The van der Waals surface area contributed by atoms with Crippen LogP contribution in [0, 0.1) is 0 Å². The number of ketones is 1. The van der Waals surface area contributed by atoms with Crippen molar-refractivity contribution in [3.63, 3.8) is 0 Å². The molecule has 1 atom stereocenters. The molecule has 42 heavy (non-hydrogen) atoms. The fraction of sp³-hybridized carbons (Fsp3) is 0.892. The van der Waals surface area contributed by atoms with Crippen molar-refractivity contribution in [1.29, 1.82) is 0 Å². The molecule has 0 N–H and O–H groups in total. The van der Waals surface area contributed by atoms with E-state index in [1.54, 1.807) is 0 Å². The molecule has 1 saturated carbocycles. The van der Waals surface area contributed by atoms with Gasteiger partial charge in [-0.15, -0.1) is 5.11 Å². The van der Waals surface area contributed by atoms with E-state index in [0.717, 1.165) is 57.8 Å². The Kier molecular flexibility index (Phi) is 25.9. The lowest BCUT2D eigenvalue weighted by Gasteiger charge is -2.25. The molecule has 0 aromatic heterocycles. The van der Waals surface area contributed by atoms with Crippen molar-refractivity contribution in [3.8, 4) is 0 Å². The average Bonchev–Trinajstić information content (AvgIpc) is 3.16. The number of nitrogens with zero attached hydrogens (tertiary/aromatic N) is 2. The zero-order valence-corrected chi connectivity index (χ0v) is 28.0. The average molecular weight is 589 g/mol. The van der Waals surface area contributed by atoms with Crippen LogP contribution >= 0.6 is 0 Å². The molecule has 5 heteroatoms. The van der Waals surface area contributed by atoms with Crippen LogP contribution in [-0.4, -0.2) is 24.0 Å². The lowest BCUT2D eigenvalue weighted by Crippen LogP contribution is -2.40. The number of hydrogen-bond acceptors (Lipinski definition) is 5. The van der Waals surface area contributed by atoms with Crippen LogP contribution in [0.4, 0.5) is 0 Å². The minimum Gasteiger partial charge on any atom is -0.428 e. The van der Waals surface area contributed by atoms with Crippen LogP contribution in [0.15, 0.2) is 22.4 Å². The van der Waals surface area contributed by atoms with Gasteiger partial charge < -0.3 is 4.74 Å². The van der Waals surface area contributed by atoms with E-state index in [1.807, 2.05) is 0 Å². The summed E-state index contributed by atoms with van der Waals surface area (Å²) in [5.74, 6) is -0.356. The van der Waals surface area contributed by atoms with E-state index in [1.165, 1.54) is 109 Å². The highest BCUT2D eigenvalue weighted by molar-refractivity contribution is 5.89. The Morgan fingerprint density at radius 1 is 0.667 bits per heavy atom. The molecule has 0 aromatic rings. The van der Waals surface area contributed by atoms with Gasteiger partial charge in [0.15, 0.2) is 0 Å². The van der Waals surface area contributed by atoms with Crippen molar-refractivity contribution >= 4 is 11.8 Å². The highest BCUT2D eigenvalue weighted by Crippen LogP contribution is 2.30. The number of hydrogen-bond donors (Lipinski definition) is 0. The summed E-state index contributed by atoms with van der Waals surface area (Å²) in [6, 6.07) is 0. The van der Waals surface area contributed by atoms with Crippen molar-refractivity contribution < 1.29 is 14.3 Å². The van der Waals surface area contributed by atoms with E-state index in [2.05, 4.69) is 36.2 Å². The van der Waals surface area contributed by atoms with Gasteiger partial charge in [-0.1, -0.05) is 142 Å².